The maximum Gasteiger partial charge on any atom is 0.187 e. The summed E-state index contributed by atoms with van der Waals surface area (Å²) in [5, 5.41) is 37.1. The summed E-state index contributed by atoms with van der Waals surface area (Å²) in [4.78, 5) is 3.81. The molecule has 0 amide bonds. The predicted molar refractivity (Wildman–Crippen MR) is 334 cm³/mol. The van der Waals surface area contributed by atoms with Gasteiger partial charge in [-0.2, -0.15) is 15.8 Å². The Hall–Kier alpha value is -11.8. The van der Waals surface area contributed by atoms with Crippen LogP contribution in [0.3, 0.4) is 0 Å². The molecule has 12 aromatic carbocycles. The van der Waals surface area contributed by atoms with Crippen LogP contribution in [0, 0.1) is 40.6 Å². The fourth-order valence-corrected chi connectivity index (χ4v) is 12.0. The monoisotopic (exact) mass is 1040 g/mol. The Bertz CT molecular complexity index is 4530. The molecule has 14 rings (SSSR count). The topological polar surface area (TPSA) is 85.6 Å². The van der Waals surface area contributed by atoms with Crippen molar-refractivity contribution in [3.8, 4) is 107 Å². The highest BCUT2D eigenvalue weighted by Gasteiger charge is 2.33. The zero-order valence-corrected chi connectivity index (χ0v) is 44.1. The molecule has 0 N–H and O–H groups in total. The third kappa shape index (κ3) is 8.17. The van der Waals surface area contributed by atoms with Crippen LogP contribution in [0.4, 0.5) is 5.69 Å². The van der Waals surface area contributed by atoms with Crippen molar-refractivity contribution >= 4 is 49.3 Å². The van der Waals surface area contributed by atoms with E-state index in [0.29, 0.717) is 33.5 Å². The summed E-state index contributed by atoms with van der Waals surface area (Å²) in [5.41, 5.74) is 19.9. The molecule has 0 aliphatic rings. The molecule has 0 aliphatic carbocycles. The lowest BCUT2D eigenvalue weighted by atomic mass is 9.83. The SMILES string of the molecule is [C-]#[N+]c1ccc(-c2c(C#N)c(-c3ccc(C#N)cc3)c(-n3c4ccc(-c5ccccc5)cc4c4cc(-c5ccccc5)ccc43)c(-c3ccc(C#N)cc3)c2-n2c3ccc(-c4ccccc4)cc3c3cc(-c4ccccc4)ccc32)cc1. The summed E-state index contributed by atoms with van der Waals surface area (Å²) < 4.78 is 4.67. The van der Waals surface area contributed by atoms with Crippen LogP contribution >= 0.6 is 0 Å². The molecule has 0 bridgehead atoms. The molecular weight excluding hydrogens is 997 g/mol. The maximum absolute atomic E-state index is 12.4. The first-order valence-electron chi connectivity index (χ1n) is 27.0. The van der Waals surface area contributed by atoms with Crippen LogP contribution in [0.2, 0.25) is 0 Å². The van der Waals surface area contributed by atoms with Crippen molar-refractivity contribution < 1.29 is 0 Å². The summed E-state index contributed by atoms with van der Waals surface area (Å²) in [6, 6.07) is 98.6. The van der Waals surface area contributed by atoms with Crippen LogP contribution < -0.4 is 0 Å². The van der Waals surface area contributed by atoms with E-state index in [4.69, 9.17) is 6.57 Å². The van der Waals surface area contributed by atoms with Crippen LogP contribution in [0.1, 0.15) is 16.7 Å². The van der Waals surface area contributed by atoms with E-state index in [2.05, 4.69) is 202 Å². The first-order valence-corrected chi connectivity index (χ1v) is 27.0. The average molecular weight is 1040 g/mol. The van der Waals surface area contributed by atoms with E-state index in [-0.39, 0.29) is 0 Å². The summed E-state index contributed by atoms with van der Waals surface area (Å²) in [6.07, 6.45) is 0. The van der Waals surface area contributed by atoms with Gasteiger partial charge < -0.3 is 9.13 Å². The first-order chi connectivity index (χ1) is 40.5. The Morgan fingerprint density at radius 2 is 0.561 bits per heavy atom. The largest absolute Gasteiger partial charge is 0.308 e. The van der Waals surface area contributed by atoms with Gasteiger partial charge >= 0.3 is 0 Å². The van der Waals surface area contributed by atoms with Crippen LogP contribution in [-0.4, -0.2) is 9.13 Å². The van der Waals surface area contributed by atoms with Crippen molar-refractivity contribution in [2.45, 2.75) is 0 Å². The van der Waals surface area contributed by atoms with Gasteiger partial charge in [0, 0.05) is 38.2 Å². The molecule has 0 fully saturated rings. The van der Waals surface area contributed by atoms with Crippen molar-refractivity contribution in [2.75, 3.05) is 0 Å². The summed E-state index contributed by atoms with van der Waals surface area (Å²) in [7, 11) is 0. The zero-order chi connectivity index (χ0) is 55.3. The van der Waals surface area contributed by atoms with Gasteiger partial charge in [0.25, 0.3) is 0 Å². The van der Waals surface area contributed by atoms with E-state index in [0.717, 1.165) is 122 Å². The fraction of sp³-hybridized carbons (Fsp3) is 0. The van der Waals surface area contributed by atoms with Gasteiger partial charge in [-0.3, -0.25) is 0 Å². The van der Waals surface area contributed by atoms with Crippen molar-refractivity contribution in [1.29, 1.82) is 15.8 Å². The lowest BCUT2D eigenvalue weighted by molar-refractivity contribution is 1.14. The third-order valence-electron chi connectivity index (χ3n) is 15.9. The molecule has 2 heterocycles. The summed E-state index contributed by atoms with van der Waals surface area (Å²) in [5.74, 6) is 0. The molecule has 6 heteroatoms. The van der Waals surface area contributed by atoms with Crippen molar-refractivity contribution in [1.82, 2.24) is 9.13 Å². The van der Waals surface area contributed by atoms with Gasteiger partial charge in [0.2, 0.25) is 0 Å². The van der Waals surface area contributed by atoms with Crippen molar-refractivity contribution in [3.05, 3.63) is 295 Å². The molecule has 0 unspecified atom stereocenters. The third-order valence-corrected chi connectivity index (χ3v) is 15.9. The molecule has 0 spiro atoms. The highest BCUT2D eigenvalue weighted by Crippen LogP contribution is 2.53. The number of benzene rings is 12. The van der Waals surface area contributed by atoms with Crippen molar-refractivity contribution in [2.24, 2.45) is 0 Å². The van der Waals surface area contributed by atoms with E-state index in [1.165, 1.54) is 0 Å². The van der Waals surface area contributed by atoms with E-state index in [1.807, 2.05) is 97.1 Å². The second-order valence-corrected chi connectivity index (χ2v) is 20.4. The summed E-state index contributed by atoms with van der Waals surface area (Å²) in [6.45, 7) is 8.04. The van der Waals surface area contributed by atoms with Crippen LogP contribution in [0.25, 0.3) is 138 Å². The van der Waals surface area contributed by atoms with E-state index < -0.39 is 0 Å². The number of nitrogens with zero attached hydrogens (tertiary/aromatic N) is 6. The fourth-order valence-electron chi connectivity index (χ4n) is 12.0. The lowest BCUT2D eigenvalue weighted by Crippen LogP contribution is -2.11. The molecule has 0 radical (unpaired) electrons. The Labute approximate surface area is 474 Å². The van der Waals surface area contributed by atoms with E-state index >= 15 is 0 Å². The van der Waals surface area contributed by atoms with Gasteiger partial charge in [0.05, 0.1) is 68.8 Å². The number of nitriles is 3. The smallest absolute Gasteiger partial charge is 0.187 e. The highest BCUT2D eigenvalue weighted by atomic mass is 15.0. The Kier molecular flexibility index (Phi) is 12.0. The minimum atomic E-state index is 0.399. The first kappa shape index (κ1) is 48.6. The lowest BCUT2D eigenvalue weighted by Gasteiger charge is -2.28. The molecule has 2 aromatic heterocycles. The molecule has 0 aliphatic heterocycles. The standard InChI is InChI=1S/C76H44N6/c1-80-62-36-30-56(31-37-62)73-67(48-79)72(55-26-22-49(46-77)23-27-55)75(81-68-38-32-58(51-14-6-2-7-15-51)42-63(68)64-43-59(33-39-69(64)81)52-16-8-3-9-17-52)74(57-28-24-50(47-78)25-29-57)76(73)82-70-40-34-60(53-18-10-4-11-19-53)44-65(70)66-45-61(35-41-71(66)82)54-20-12-5-13-21-54/h2-45H. The highest BCUT2D eigenvalue weighted by molar-refractivity contribution is 6.17. The van der Waals surface area contributed by atoms with Crippen LogP contribution in [0.15, 0.2) is 267 Å². The molecular formula is C76H44N6. The second kappa shape index (κ2) is 20.2. The molecule has 82 heavy (non-hydrogen) atoms. The van der Waals surface area contributed by atoms with Gasteiger partial charge in [0.15, 0.2) is 5.69 Å². The van der Waals surface area contributed by atoms with Crippen LogP contribution in [0.5, 0.6) is 0 Å². The minimum Gasteiger partial charge on any atom is -0.308 e. The van der Waals surface area contributed by atoms with Gasteiger partial charge in [0.1, 0.15) is 6.07 Å². The van der Waals surface area contributed by atoms with E-state index in [9.17, 15) is 15.8 Å². The Morgan fingerprint density at radius 3 is 0.841 bits per heavy atom. The molecule has 0 saturated heterocycles. The van der Waals surface area contributed by atoms with Crippen LogP contribution in [-0.2, 0) is 0 Å². The summed E-state index contributed by atoms with van der Waals surface area (Å²) >= 11 is 0. The number of fused-ring (bicyclic) bond motifs is 6. The Balaban J connectivity index is 1.23. The normalized spacial score (nSPS) is 11.1. The molecule has 378 valence electrons. The molecule has 0 atom stereocenters. The van der Waals surface area contributed by atoms with Gasteiger partial charge in [-0.05, 0) is 134 Å². The maximum atomic E-state index is 12.4. The average Bonchev–Trinajstić information content (AvgIpc) is 3.59. The molecule has 0 saturated carbocycles. The van der Waals surface area contributed by atoms with E-state index in [1.54, 1.807) is 0 Å². The molecule has 14 aromatic rings. The Morgan fingerprint density at radius 1 is 0.280 bits per heavy atom. The number of hydrogen-bond donors (Lipinski definition) is 0. The number of aromatic nitrogens is 2. The van der Waals surface area contributed by atoms with Crippen molar-refractivity contribution in [3.63, 3.8) is 0 Å². The predicted octanol–water partition coefficient (Wildman–Crippen LogP) is 19.7. The number of rotatable bonds is 9. The quantitative estimate of drug-likeness (QED) is 0.135. The van der Waals surface area contributed by atoms with Gasteiger partial charge in [-0.25, -0.2) is 4.85 Å². The minimum absolute atomic E-state index is 0.399. The zero-order valence-electron chi connectivity index (χ0n) is 44.1. The van der Waals surface area contributed by atoms with Gasteiger partial charge in [-0.1, -0.05) is 194 Å². The van der Waals surface area contributed by atoms with Gasteiger partial charge in [-0.15, -0.1) is 0 Å². The molecule has 6 nitrogen and oxygen atoms in total. The second-order valence-electron chi connectivity index (χ2n) is 20.4. The number of hydrogen-bond acceptors (Lipinski definition) is 3.